The van der Waals surface area contributed by atoms with Gasteiger partial charge in [0.05, 0.1) is 12.1 Å². The van der Waals surface area contributed by atoms with E-state index in [2.05, 4.69) is 5.32 Å². The number of benzene rings is 2. The van der Waals surface area contributed by atoms with Gasteiger partial charge in [0.2, 0.25) is 5.91 Å². The maximum Gasteiger partial charge on any atom is 0.317 e. The molecule has 2 N–H and O–H groups in total. The van der Waals surface area contributed by atoms with Gasteiger partial charge in [0.1, 0.15) is 6.54 Å². The predicted octanol–water partition coefficient (Wildman–Crippen LogP) is 2.88. The molecule has 1 spiro atoms. The summed E-state index contributed by atoms with van der Waals surface area (Å²) in [5.41, 5.74) is 0.140. The summed E-state index contributed by atoms with van der Waals surface area (Å²) in [6.07, 6.45) is 4.13. The van der Waals surface area contributed by atoms with Crippen LogP contribution in [0.5, 0.6) is 0 Å². The van der Waals surface area contributed by atoms with E-state index in [4.69, 9.17) is 0 Å². The van der Waals surface area contributed by atoms with E-state index >= 15 is 0 Å². The number of hydrogen-bond acceptors (Lipinski definition) is 4. The van der Waals surface area contributed by atoms with Crippen molar-refractivity contribution in [3.05, 3.63) is 71.8 Å². The topological polar surface area (TPSA) is 93.2 Å². The Morgan fingerprint density at radius 3 is 2.22 bits per heavy atom. The Morgan fingerprint density at radius 1 is 0.865 bits per heavy atom. The lowest BCUT2D eigenvalue weighted by molar-refractivity contribution is -0.158. The highest BCUT2D eigenvalue weighted by Gasteiger charge is 2.56. The van der Waals surface area contributed by atoms with Crippen molar-refractivity contribution in [3.63, 3.8) is 0 Å². The number of β-amino-alcohol motifs (C(OH)–C–C–N with tert-alkyl or cyclic N) is 1. The average Bonchev–Trinajstić information content (AvgIpc) is 3.41. The number of nitrogens with zero attached hydrogens (tertiary/aromatic N) is 3. The van der Waals surface area contributed by atoms with Gasteiger partial charge >= 0.3 is 6.03 Å². The van der Waals surface area contributed by atoms with E-state index in [9.17, 15) is 19.5 Å². The average molecular weight is 505 g/mol. The Labute approximate surface area is 218 Å². The third-order valence-corrected chi connectivity index (χ3v) is 8.49. The normalized spacial score (nSPS) is 23.4. The van der Waals surface area contributed by atoms with E-state index in [1.165, 1.54) is 0 Å². The van der Waals surface area contributed by atoms with Gasteiger partial charge in [0.15, 0.2) is 0 Å². The molecule has 0 radical (unpaired) electrons. The number of carbonyl (C=O) groups is 3. The van der Waals surface area contributed by atoms with Crippen LogP contribution >= 0.6 is 0 Å². The Bertz CT molecular complexity index is 1120. The molecule has 196 valence electrons. The highest BCUT2D eigenvalue weighted by molar-refractivity contribution is 5.97. The number of likely N-dealkylation sites (tertiary alicyclic amines) is 1. The molecule has 8 heteroatoms. The van der Waals surface area contributed by atoms with Crippen LogP contribution in [0.2, 0.25) is 0 Å². The molecule has 2 aromatic carbocycles. The first-order valence-corrected chi connectivity index (χ1v) is 13.3. The van der Waals surface area contributed by atoms with E-state index in [1.54, 1.807) is 21.9 Å². The standard InChI is InChI=1S/C29H36N4O4/c34-25-20-31(26(35)24-11-5-2-6-12-24)17-18-32(25)22-29(37)15-16-33(21-28(29)13-7-8-14-28)27(36)30-19-23-9-3-1-4-10-23/h1-6,9-12,37H,7-8,13-22H2,(H,30,36). The first kappa shape index (κ1) is 25.3. The van der Waals surface area contributed by atoms with Crippen molar-refractivity contribution in [2.75, 3.05) is 39.3 Å². The maximum absolute atomic E-state index is 13.1. The van der Waals surface area contributed by atoms with Crippen LogP contribution in [-0.4, -0.2) is 82.5 Å². The molecule has 3 fully saturated rings. The molecule has 3 aliphatic rings. The molecule has 37 heavy (non-hydrogen) atoms. The van der Waals surface area contributed by atoms with E-state index in [0.717, 1.165) is 31.2 Å². The number of piperazine rings is 1. The number of hydrogen-bond donors (Lipinski definition) is 2. The van der Waals surface area contributed by atoms with E-state index < -0.39 is 11.0 Å². The minimum atomic E-state index is -1.05. The Morgan fingerprint density at radius 2 is 1.54 bits per heavy atom. The number of nitrogens with one attached hydrogen (secondary N) is 1. The molecular weight excluding hydrogens is 468 g/mol. The number of carbonyl (C=O) groups excluding carboxylic acids is 3. The number of amides is 4. The van der Waals surface area contributed by atoms with Crippen molar-refractivity contribution >= 4 is 17.8 Å². The molecule has 1 unspecified atom stereocenters. The van der Waals surface area contributed by atoms with Gasteiger partial charge in [-0.15, -0.1) is 0 Å². The minimum Gasteiger partial charge on any atom is -0.387 e. The second-order valence-electron chi connectivity index (χ2n) is 10.7. The molecule has 8 nitrogen and oxygen atoms in total. The van der Waals surface area contributed by atoms with Crippen molar-refractivity contribution in [2.45, 2.75) is 44.2 Å². The number of urea groups is 1. The smallest absolute Gasteiger partial charge is 0.317 e. The third-order valence-electron chi connectivity index (χ3n) is 8.49. The van der Waals surface area contributed by atoms with Gasteiger partial charge in [-0.2, -0.15) is 0 Å². The molecule has 2 saturated heterocycles. The van der Waals surface area contributed by atoms with Gasteiger partial charge in [-0.1, -0.05) is 61.4 Å². The van der Waals surface area contributed by atoms with Crippen molar-refractivity contribution < 1.29 is 19.5 Å². The van der Waals surface area contributed by atoms with E-state index in [1.807, 2.05) is 53.4 Å². The van der Waals surface area contributed by atoms with Crippen LogP contribution < -0.4 is 5.32 Å². The van der Waals surface area contributed by atoms with Crippen LogP contribution in [0.15, 0.2) is 60.7 Å². The molecule has 5 rings (SSSR count). The lowest BCUT2D eigenvalue weighted by Crippen LogP contribution is -2.66. The summed E-state index contributed by atoms with van der Waals surface area (Å²) in [5.74, 6) is -0.283. The van der Waals surface area contributed by atoms with E-state index in [0.29, 0.717) is 44.7 Å². The molecule has 0 bridgehead atoms. The Balaban J connectivity index is 1.22. The zero-order valence-electron chi connectivity index (χ0n) is 21.3. The zero-order valence-corrected chi connectivity index (χ0v) is 21.3. The summed E-state index contributed by atoms with van der Waals surface area (Å²) in [7, 11) is 0. The highest BCUT2D eigenvalue weighted by atomic mass is 16.3. The summed E-state index contributed by atoms with van der Waals surface area (Å²) in [4.78, 5) is 44.1. The monoisotopic (exact) mass is 504 g/mol. The first-order valence-electron chi connectivity index (χ1n) is 13.3. The molecule has 1 saturated carbocycles. The van der Waals surface area contributed by atoms with Crippen LogP contribution in [0.25, 0.3) is 0 Å². The van der Waals surface area contributed by atoms with Crippen LogP contribution in [0.3, 0.4) is 0 Å². The number of piperidine rings is 1. The number of rotatable bonds is 5. The van der Waals surface area contributed by atoms with Crippen LogP contribution in [0.4, 0.5) is 4.79 Å². The molecule has 0 aromatic heterocycles. The molecule has 2 aromatic rings. The minimum absolute atomic E-state index is 0.0187. The Hall–Kier alpha value is -3.39. The fraction of sp³-hybridized carbons (Fsp3) is 0.483. The highest BCUT2D eigenvalue weighted by Crippen LogP contribution is 2.51. The zero-order chi connectivity index (χ0) is 25.9. The summed E-state index contributed by atoms with van der Waals surface area (Å²) >= 11 is 0. The van der Waals surface area contributed by atoms with Crippen molar-refractivity contribution in [2.24, 2.45) is 5.41 Å². The predicted molar refractivity (Wildman–Crippen MR) is 140 cm³/mol. The van der Waals surface area contributed by atoms with Crippen LogP contribution in [0, 0.1) is 5.41 Å². The second-order valence-corrected chi connectivity index (χ2v) is 10.7. The summed E-state index contributed by atoms with van der Waals surface area (Å²) in [6, 6.07) is 18.7. The van der Waals surface area contributed by atoms with Crippen LogP contribution in [0.1, 0.15) is 48.0 Å². The van der Waals surface area contributed by atoms with Crippen molar-refractivity contribution in [3.8, 4) is 0 Å². The third kappa shape index (κ3) is 5.21. The van der Waals surface area contributed by atoms with Gasteiger partial charge < -0.3 is 25.1 Å². The van der Waals surface area contributed by atoms with Crippen molar-refractivity contribution in [1.29, 1.82) is 0 Å². The molecular formula is C29H36N4O4. The van der Waals surface area contributed by atoms with Gasteiger partial charge in [-0.25, -0.2) is 4.79 Å². The second kappa shape index (κ2) is 10.5. The quantitative estimate of drug-likeness (QED) is 0.655. The molecule has 4 amide bonds. The maximum atomic E-state index is 13.1. The molecule has 2 heterocycles. The molecule has 1 aliphatic carbocycles. The Kier molecular flexibility index (Phi) is 7.20. The van der Waals surface area contributed by atoms with E-state index in [-0.39, 0.29) is 30.9 Å². The SMILES string of the molecule is O=C1CN(C(=O)c2ccccc2)CCN1CC1(O)CCN(C(=O)NCc2ccccc2)CC12CCCC2. The summed E-state index contributed by atoms with van der Waals surface area (Å²) < 4.78 is 0. The largest absolute Gasteiger partial charge is 0.387 e. The number of aliphatic hydroxyl groups is 1. The van der Waals surface area contributed by atoms with Gasteiger partial charge in [-0.3, -0.25) is 9.59 Å². The fourth-order valence-electron chi connectivity index (χ4n) is 6.29. The van der Waals surface area contributed by atoms with Crippen LogP contribution in [-0.2, 0) is 11.3 Å². The lowest BCUT2D eigenvalue weighted by Gasteiger charge is -2.54. The van der Waals surface area contributed by atoms with Gasteiger partial charge in [0, 0.05) is 43.7 Å². The lowest BCUT2D eigenvalue weighted by atomic mass is 9.65. The van der Waals surface area contributed by atoms with Crippen molar-refractivity contribution in [1.82, 2.24) is 20.0 Å². The summed E-state index contributed by atoms with van der Waals surface area (Å²) in [6.45, 7) is 2.51. The van der Waals surface area contributed by atoms with Gasteiger partial charge in [0.25, 0.3) is 5.91 Å². The fourth-order valence-corrected chi connectivity index (χ4v) is 6.29. The molecule has 1 atom stereocenters. The summed E-state index contributed by atoms with van der Waals surface area (Å²) in [5, 5.41) is 15.0. The van der Waals surface area contributed by atoms with Gasteiger partial charge in [-0.05, 0) is 37.0 Å². The first-order chi connectivity index (χ1) is 17.9. The molecule has 2 aliphatic heterocycles.